The molecule has 0 amide bonds. The number of quaternary nitrogens is 1. The molecule has 90 valence electrons. The molecule has 0 aromatic carbocycles. The lowest BCUT2D eigenvalue weighted by molar-refractivity contribution is -0.890. The molecular weight excluding hydrogens is 206 g/mol. The van der Waals surface area contributed by atoms with Gasteiger partial charge in [-0.25, -0.2) is 9.59 Å². The van der Waals surface area contributed by atoms with E-state index >= 15 is 0 Å². The Morgan fingerprint density at radius 3 is 1.33 bits per heavy atom. The molecule has 0 bridgehead atoms. The summed E-state index contributed by atoms with van der Waals surface area (Å²) in [4.78, 5) is 18.2. The van der Waals surface area contributed by atoms with Crippen molar-refractivity contribution in [2.24, 2.45) is 0 Å². The summed E-state index contributed by atoms with van der Waals surface area (Å²) < 4.78 is 0.688. The Balaban J connectivity index is 0. The number of nitrogens with zero attached hydrogens (tertiary/aromatic N) is 1. The summed E-state index contributed by atoms with van der Waals surface area (Å²) in [5.74, 6) is -3.65. The maximum atomic E-state index is 9.10. The molecule has 0 aromatic heterocycles. The molecule has 4 N–H and O–H groups in total. The first-order chi connectivity index (χ1) is 6.76. The summed E-state index contributed by atoms with van der Waals surface area (Å²) in [7, 11) is 3.96. The van der Waals surface area contributed by atoms with Crippen molar-refractivity contribution >= 4 is 11.9 Å². The lowest BCUT2D eigenvalue weighted by Crippen LogP contribution is -2.43. The van der Waals surface area contributed by atoms with Gasteiger partial charge in [0.1, 0.15) is 13.1 Å². The summed E-state index contributed by atoms with van der Waals surface area (Å²) >= 11 is 0. The van der Waals surface area contributed by atoms with Crippen molar-refractivity contribution in [1.82, 2.24) is 0 Å². The maximum absolute atomic E-state index is 9.10. The van der Waals surface area contributed by atoms with E-state index in [9.17, 15) is 0 Å². The third-order valence-electron chi connectivity index (χ3n) is 1.59. The van der Waals surface area contributed by atoms with Crippen LogP contribution in [0, 0.1) is 0 Å². The van der Waals surface area contributed by atoms with Gasteiger partial charge >= 0.3 is 11.9 Å². The van der Waals surface area contributed by atoms with Crippen LogP contribution in [0.1, 0.15) is 0 Å². The van der Waals surface area contributed by atoms with Crippen LogP contribution in [-0.4, -0.2) is 77.2 Å². The van der Waals surface area contributed by atoms with Gasteiger partial charge in [0.2, 0.25) is 0 Å². The monoisotopic (exact) mass is 224 g/mol. The zero-order chi connectivity index (χ0) is 12.5. The average molecular weight is 224 g/mol. The molecule has 0 aliphatic rings. The average Bonchev–Trinajstić information content (AvgIpc) is 2.04. The Bertz CT molecular complexity index is 183. The van der Waals surface area contributed by atoms with Crippen LogP contribution < -0.4 is 0 Å². The summed E-state index contributed by atoms with van der Waals surface area (Å²) in [6.07, 6.45) is 0. The van der Waals surface area contributed by atoms with Crippen LogP contribution in [0.15, 0.2) is 0 Å². The number of aliphatic hydroxyl groups excluding tert-OH is 2. The van der Waals surface area contributed by atoms with Crippen molar-refractivity contribution in [3.63, 3.8) is 0 Å². The lowest BCUT2D eigenvalue weighted by atomic mass is 10.4. The minimum atomic E-state index is -1.82. The molecular formula is C8H18NO6+. The third-order valence-corrected chi connectivity index (χ3v) is 1.59. The largest absolute Gasteiger partial charge is 0.473 e. The molecule has 0 unspecified atom stereocenters. The number of carbonyl (C=O) groups is 2. The van der Waals surface area contributed by atoms with Gasteiger partial charge in [-0.2, -0.15) is 0 Å². The number of carboxylic acid groups (broad SMARTS) is 2. The van der Waals surface area contributed by atoms with Crippen molar-refractivity contribution in [3.8, 4) is 0 Å². The Morgan fingerprint density at radius 1 is 0.933 bits per heavy atom. The van der Waals surface area contributed by atoms with Crippen molar-refractivity contribution in [1.29, 1.82) is 0 Å². The zero-order valence-corrected chi connectivity index (χ0v) is 8.88. The highest BCUT2D eigenvalue weighted by Gasteiger charge is 2.11. The Labute approximate surface area is 87.8 Å². The number of likely N-dealkylation sites (N-methyl/N-ethyl adjacent to an activating group) is 1. The van der Waals surface area contributed by atoms with Gasteiger partial charge in [0.25, 0.3) is 0 Å². The molecule has 0 radical (unpaired) electrons. The number of rotatable bonds is 4. The van der Waals surface area contributed by atoms with Crippen LogP contribution in [0.25, 0.3) is 0 Å². The van der Waals surface area contributed by atoms with Crippen molar-refractivity contribution < 1.29 is 34.5 Å². The van der Waals surface area contributed by atoms with E-state index in [1.165, 1.54) is 0 Å². The number of aliphatic carboxylic acids is 2. The van der Waals surface area contributed by atoms with Crippen LogP contribution in [0.5, 0.6) is 0 Å². The second-order valence-electron chi connectivity index (χ2n) is 3.44. The van der Waals surface area contributed by atoms with Crippen molar-refractivity contribution in [2.75, 3.05) is 40.4 Å². The van der Waals surface area contributed by atoms with Crippen LogP contribution in [-0.2, 0) is 9.59 Å². The number of hydrogen-bond donors (Lipinski definition) is 4. The first-order valence-electron chi connectivity index (χ1n) is 4.26. The smallest absolute Gasteiger partial charge is 0.414 e. The summed E-state index contributed by atoms with van der Waals surface area (Å²) in [5, 5.41) is 31.8. The molecule has 15 heavy (non-hydrogen) atoms. The highest BCUT2D eigenvalue weighted by Crippen LogP contribution is 1.92. The van der Waals surface area contributed by atoms with Gasteiger partial charge in [-0.05, 0) is 0 Å². The SMILES string of the molecule is C[N+](C)(CCO)CCO.O=C(O)C(=O)O. The summed E-state index contributed by atoms with van der Waals surface area (Å²) in [6, 6.07) is 0. The quantitative estimate of drug-likeness (QED) is 0.331. The third kappa shape index (κ3) is 12.8. The fourth-order valence-electron chi connectivity index (χ4n) is 0.653. The Morgan fingerprint density at radius 2 is 1.20 bits per heavy atom. The normalized spacial score (nSPS) is 10.1. The van der Waals surface area contributed by atoms with E-state index < -0.39 is 11.9 Å². The van der Waals surface area contributed by atoms with Crippen molar-refractivity contribution in [2.45, 2.75) is 0 Å². The maximum Gasteiger partial charge on any atom is 0.414 e. The minimum Gasteiger partial charge on any atom is -0.473 e. The fourth-order valence-corrected chi connectivity index (χ4v) is 0.653. The standard InChI is InChI=1S/C6H16NO2.C2H2O4/c1-7(2,3-5-8)4-6-9;3-1(4)2(5)6/h8-9H,3-6H2,1-2H3;(H,3,4)(H,5,6)/q+1;. The molecule has 0 spiro atoms. The molecule has 0 aliphatic heterocycles. The fraction of sp³-hybridized carbons (Fsp3) is 0.750. The predicted molar refractivity (Wildman–Crippen MR) is 51.3 cm³/mol. The molecule has 7 heteroatoms. The predicted octanol–water partition coefficient (Wildman–Crippen LogP) is -1.80. The second-order valence-corrected chi connectivity index (χ2v) is 3.44. The molecule has 0 fully saturated rings. The van der Waals surface area contributed by atoms with E-state index in [1.807, 2.05) is 14.1 Å². The van der Waals surface area contributed by atoms with Crippen LogP contribution >= 0.6 is 0 Å². The second kappa shape index (κ2) is 8.16. The van der Waals surface area contributed by atoms with Gasteiger partial charge in [-0.3, -0.25) is 0 Å². The Hall–Kier alpha value is -1.18. The van der Waals surface area contributed by atoms with E-state index in [0.717, 1.165) is 0 Å². The molecule has 0 saturated heterocycles. The van der Waals surface area contributed by atoms with E-state index in [4.69, 9.17) is 30.0 Å². The van der Waals surface area contributed by atoms with Gasteiger partial charge in [0.15, 0.2) is 0 Å². The molecule has 0 atom stereocenters. The highest BCUT2D eigenvalue weighted by molar-refractivity contribution is 6.27. The topological polar surface area (TPSA) is 115 Å². The minimum absolute atomic E-state index is 0.188. The van der Waals surface area contributed by atoms with Gasteiger partial charge in [0, 0.05) is 0 Å². The molecule has 0 aliphatic carbocycles. The molecule has 7 nitrogen and oxygen atoms in total. The van der Waals surface area contributed by atoms with Gasteiger partial charge in [-0.1, -0.05) is 0 Å². The van der Waals surface area contributed by atoms with Crippen LogP contribution in [0.3, 0.4) is 0 Å². The summed E-state index contributed by atoms with van der Waals surface area (Å²) in [6.45, 7) is 1.79. The van der Waals surface area contributed by atoms with Gasteiger partial charge < -0.3 is 24.9 Å². The molecule has 0 aromatic rings. The van der Waals surface area contributed by atoms with Crippen molar-refractivity contribution in [3.05, 3.63) is 0 Å². The van der Waals surface area contributed by atoms with E-state index in [-0.39, 0.29) is 13.2 Å². The molecule has 0 rings (SSSR count). The highest BCUT2D eigenvalue weighted by atomic mass is 16.4. The van der Waals surface area contributed by atoms with E-state index in [0.29, 0.717) is 17.6 Å². The van der Waals surface area contributed by atoms with Gasteiger partial charge in [-0.15, -0.1) is 0 Å². The van der Waals surface area contributed by atoms with Crippen LogP contribution in [0.2, 0.25) is 0 Å². The first kappa shape index (κ1) is 16.3. The van der Waals surface area contributed by atoms with E-state index in [1.54, 1.807) is 0 Å². The zero-order valence-electron chi connectivity index (χ0n) is 8.88. The molecule has 0 saturated carbocycles. The van der Waals surface area contributed by atoms with E-state index in [2.05, 4.69) is 0 Å². The molecule has 0 heterocycles. The number of aliphatic hydroxyl groups is 2. The van der Waals surface area contributed by atoms with Crippen LogP contribution in [0.4, 0.5) is 0 Å². The Kier molecular flexibility index (Phi) is 8.84. The van der Waals surface area contributed by atoms with Gasteiger partial charge in [0.05, 0.1) is 27.3 Å². The summed E-state index contributed by atoms with van der Waals surface area (Å²) in [5.41, 5.74) is 0. The lowest BCUT2D eigenvalue weighted by Gasteiger charge is -2.27. The number of hydrogen-bond acceptors (Lipinski definition) is 4. The number of carboxylic acids is 2. The first-order valence-corrected chi connectivity index (χ1v) is 4.26.